The van der Waals surface area contributed by atoms with Crippen molar-refractivity contribution in [3.63, 3.8) is 0 Å². The number of nitrogens with one attached hydrogen (secondary N) is 1. The van der Waals surface area contributed by atoms with Gasteiger partial charge in [-0.2, -0.15) is 11.8 Å². The SMILES string of the molecule is CC(C)C(CC(=O)O)NC(=O)N1CCSCC1. The van der Waals surface area contributed by atoms with Gasteiger partial charge < -0.3 is 15.3 Å². The maximum Gasteiger partial charge on any atom is 0.317 e. The minimum Gasteiger partial charge on any atom is -0.481 e. The van der Waals surface area contributed by atoms with Crippen LogP contribution in [0.25, 0.3) is 0 Å². The lowest BCUT2D eigenvalue weighted by Crippen LogP contribution is -2.49. The van der Waals surface area contributed by atoms with Crippen molar-refractivity contribution < 1.29 is 14.7 Å². The highest BCUT2D eigenvalue weighted by Gasteiger charge is 2.23. The summed E-state index contributed by atoms with van der Waals surface area (Å²) < 4.78 is 0. The summed E-state index contributed by atoms with van der Waals surface area (Å²) in [5.74, 6) is 1.16. The van der Waals surface area contributed by atoms with Gasteiger partial charge in [-0.15, -0.1) is 0 Å². The maximum atomic E-state index is 11.9. The largest absolute Gasteiger partial charge is 0.481 e. The highest BCUT2D eigenvalue weighted by Crippen LogP contribution is 2.11. The van der Waals surface area contributed by atoms with E-state index >= 15 is 0 Å². The fourth-order valence-electron chi connectivity index (χ4n) is 1.66. The third-order valence-corrected chi connectivity index (χ3v) is 3.75. The van der Waals surface area contributed by atoms with E-state index in [9.17, 15) is 9.59 Å². The first-order valence-electron chi connectivity index (χ1n) is 5.85. The van der Waals surface area contributed by atoms with Gasteiger partial charge in [0.1, 0.15) is 0 Å². The molecule has 1 aliphatic rings. The van der Waals surface area contributed by atoms with E-state index in [1.807, 2.05) is 25.6 Å². The molecule has 1 unspecified atom stereocenters. The summed E-state index contributed by atoms with van der Waals surface area (Å²) in [6.07, 6.45) is -0.0218. The number of carbonyl (C=O) groups excluding carboxylic acids is 1. The van der Waals surface area contributed by atoms with Gasteiger partial charge in [0.15, 0.2) is 0 Å². The average molecular weight is 260 g/mol. The number of hydrogen-bond acceptors (Lipinski definition) is 3. The Balaban J connectivity index is 2.47. The molecule has 2 amide bonds. The third-order valence-electron chi connectivity index (χ3n) is 2.81. The molecule has 0 radical (unpaired) electrons. The van der Waals surface area contributed by atoms with E-state index in [-0.39, 0.29) is 24.4 Å². The van der Waals surface area contributed by atoms with Gasteiger partial charge in [-0.3, -0.25) is 4.79 Å². The molecule has 2 N–H and O–H groups in total. The Morgan fingerprint density at radius 1 is 1.35 bits per heavy atom. The fraction of sp³-hybridized carbons (Fsp3) is 0.818. The molecule has 0 aromatic heterocycles. The van der Waals surface area contributed by atoms with Crippen LogP contribution in [0, 0.1) is 5.92 Å². The molecule has 0 saturated carbocycles. The second-order valence-electron chi connectivity index (χ2n) is 4.50. The smallest absolute Gasteiger partial charge is 0.317 e. The van der Waals surface area contributed by atoms with E-state index < -0.39 is 5.97 Å². The minimum atomic E-state index is -0.877. The molecular formula is C11H20N2O3S. The van der Waals surface area contributed by atoms with E-state index in [1.165, 1.54) is 0 Å². The van der Waals surface area contributed by atoms with Crippen molar-refractivity contribution in [2.24, 2.45) is 5.92 Å². The van der Waals surface area contributed by atoms with Crippen molar-refractivity contribution in [3.8, 4) is 0 Å². The lowest BCUT2D eigenvalue weighted by atomic mass is 10.0. The molecule has 1 fully saturated rings. The Bertz CT molecular complexity index is 278. The van der Waals surface area contributed by atoms with Crippen molar-refractivity contribution in [2.45, 2.75) is 26.3 Å². The molecule has 1 heterocycles. The molecule has 0 aliphatic carbocycles. The van der Waals surface area contributed by atoms with Crippen LogP contribution in [0.3, 0.4) is 0 Å². The summed E-state index contributed by atoms with van der Waals surface area (Å²) in [4.78, 5) is 24.4. The van der Waals surface area contributed by atoms with Gasteiger partial charge in [0.2, 0.25) is 0 Å². The summed E-state index contributed by atoms with van der Waals surface area (Å²) >= 11 is 1.84. The summed E-state index contributed by atoms with van der Waals surface area (Å²) in [6.45, 7) is 5.32. The fourth-order valence-corrected chi connectivity index (χ4v) is 2.56. The van der Waals surface area contributed by atoms with E-state index in [4.69, 9.17) is 5.11 Å². The van der Waals surface area contributed by atoms with Crippen LogP contribution in [0.1, 0.15) is 20.3 Å². The molecule has 98 valence electrons. The van der Waals surface area contributed by atoms with Crippen molar-refractivity contribution >= 4 is 23.8 Å². The lowest BCUT2D eigenvalue weighted by Gasteiger charge is -2.29. The first-order chi connectivity index (χ1) is 8.00. The molecule has 0 aromatic rings. The van der Waals surface area contributed by atoms with Gasteiger partial charge in [-0.25, -0.2) is 4.79 Å². The number of amides is 2. The second-order valence-corrected chi connectivity index (χ2v) is 5.72. The van der Waals surface area contributed by atoms with Crippen LogP contribution < -0.4 is 5.32 Å². The quantitative estimate of drug-likeness (QED) is 0.798. The van der Waals surface area contributed by atoms with Gasteiger partial charge in [-0.1, -0.05) is 13.8 Å². The van der Waals surface area contributed by atoms with E-state index in [2.05, 4.69) is 5.32 Å². The third kappa shape index (κ3) is 4.85. The number of carboxylic acids is 1. The van der Waals surface area contributed by atoms with Crippen molar-refractivity contribution in [1.82, 2.24) is 10.2 Å². The number of nitrogens with zero attached hydrogens (tertiary/aromatic N) is 1. The summed E-state index contributed by atoms with van der Waals surface area (Å²) in [7, 11) is 0. The van der Waals surface area contributed by atoms with E-state index in [1.54, 1.807) is 4.90 Å². The number of aliphatic carboxylic acids is 1. The highest BCUT2D eigenvalue weighted by atomic mass is 32.2. The number of carbonyl (C=O) groups is 2. The van der Waals surface area contributed by atoms with Crippen molar-refractivity contribution in [1.29, 1.82) is 0 Å². The van der Waals surface area contributed by atoms with Crippen molar-refractivity contribution in [2.75, 3.05) is 24.6 Å². The second kappa shape index (κ2) is 6.74. The average Bonchev–Trinajstić information content (AvgIpc) is 2.28. The molecule has 0 aromatic carbocycles. The van der Waals surface area contributed by atoms with Crippen LogP contribution >= 0.6 is 11.8 Å². The topological polar surface area (TPSA) is 69.6 Å². The molecule has 17 heavy (non-hydrogen) atoms. The Hall–Kier alpha value is -0.910. The Kier molecular flexibility index (Phi) is 5.61. The highest BCUT2D eigenvalue weighted by molar-refractivity contribution is 7.99. The zero-order valence-electron chi connectivity index (χ0n) is 10.3. The number of urea groups is 1. The van der Waals surface area contributed by atoms with Crippen LogP contribution in [0.2, 0.25) is 0 Å². The van der Waals surface area contributed by atoms with Crippen molar-refractivity contribution in [3.05, 3.63) is 0 Å². The molecule has 6 heteroatoms. The van der Waals surface area contributed by atoms with Crippen LogP contribution in [-0.2, 0) is 4.79 Å². The predicted octanol–water partition coefficient (Wildman–Crippen LogP) is 1.24. The van der Waals surface area contributed by atoms with Gasteiger partial charge in [0, 0.05) is 30.6 Å². The first kappa shape index (κ1) is 14.2. The molecule has 1 rings (SSSR count). The van der Waals surface area contributed by atoms with Crippen LogP contribution in [-0.4, -0.2) is 52.6 Å². The van der Waals surface area contributed by atoms with E-state index in [0.717, 1.165) is 24.6 Å². The predicted molar refractivity (Wildman–Crippen MR) is 68.3 cm³/mol. The molecule has 5 nitrogen and oxygen atoms in total. The normalized spacial score (nSPS) is 17.9. The van der Waals surface area contributed by atoms with Crippen LogP contribution in [0.15, 0.2) is 0 Å². The Morgan fingerprint density at radius 3 is 2.41 bits per heavy atom. The van der Waals surface area contributed by atoms with E-state index in [0.29, 0.717) is 0 Å². The number of carboxylic acid groups (broad SMARTS) is 1. The monoisotopic (exact) mass is 260 g/mol. The first-order valence-corrected chi connectivity index (χ1v) is 7.01. The molecule has 1 aliphatic heterocycles. The number of hydrogen-bond donors (Lipinski definition) is 2. The standard InChI is InChI=1S/C11H20N2O3S/c1-8(2)9(7-10(14)15)12-11(16)13-3-5-17-6-4-13/h8-9H,3-7H2,1-2H3,(H,12,16)(H,14,15). The maximum absolute atomic E-state index is 11.9. The van der Waals surface area contributed by atoms with Gasteiger partial charge in [0.05, 0.1) is 6.42 Å². The van der Waals surface area contributed by atoms with Crippen LogP contribution in [0.5, 0.6) is 0 Å². The molecule has 1 atom stereocenters. The lowest BCUT2D eigenvalue weighted by molar-refractivity contribution is -0.137. The van der Waals surface area contributed by atoms with Gasteiger partial charge >= 0.3 is 12.0 Å². The van der Waals surface area contributed by atoms with Gasteiger partial charge in [0.25, 0.3) is 0 Å². The summed E-state index contributed by atoms with van der Waals surface area (Å²) in [5, 5.41) is 11.6. The zero-order valence-corrected chi connectivity index (χ0v) is 11.1. The number of thioether (sulfide) groups is 1. The Labute approximate surface area is 106 Å². The molecular weight excluding hydrogens is 240 g/mol. The van der Waals surface area contributed by atoms with Crippen LogP contribution in [0.4, 0.5) is 4.79 Å². The zero-order chi connectivity index (χ0) is 12.8. The number of rotatable bonds is 4. The molecule has 0 spiro atoms. The van der Waals surface area contributed by atoms with Gasteiger partial charge in [-0.05, 0) is 5.92 Å². The minimum absolute atomic E-state index is 0.0218. The Morgan fingerprint density at radius 2 is 1.94 bits per heavy atom. The summed E-state index contributed by atoms with van der Waals surface area (Å²) in [6, 6.07) is -0.431. The molecule has 1 saturated heterocycles. The molecule has 0 bridgehead atoms. The summed E-state index contributed by atoms with van der Waals surface area (Å²) in [5.41, 5.74) is 0.